The van der Waals surface area contributed by atoms with E-state index in [1.807, 2.05) is 13.0 Å². The van der Waals surface area contributed by atoms with Gasteiger partial charge in [0, 0.05) is 33.9 Å². The molecule has 6 heteroatoms. The largest absolute Gasteiger partial charge is 0.480 e. The molecule has 0 saturated carbocycles. The predicted molar refractivity (Wildman–Crippen MR) is 76.2 cm³/mol. The Morgan fingerprint density at radius 1 is 1.56 bits per heavy atom. The van der Waals surface area contributed by atoms with Gasteiger partial charge in [-0.2, -0.15) is 0 Å². The number of hydrogen-bond acceptors (Lipinski definition) is 4. The molecule has 1 aliphatic heterocycles. The molecule has 1 atom stereocenters. The normalized spacial score (nSPS) is 19.4. The number of aryl methyl sites for hydroxylation is 1. The molecular formula is C12H17BrN2O2S. The lowest BCUT2D eigenvalue weighted by atomic mass is 10.2. The first kappa shape index (κ1) is 14.0. The van der Waals surface area contributed by atoms with Crippen LogP contribution in [0.25, 0.3) is 0 Å². The Balaban J connectivity index is 2.24. The zero-order valence-electron chi connectivity index (χ0n) is 10.3. The number of thiophene rings is 1. The summed E-state index contributed by atoms with van der Waals surface area (Å²) in [6.07, 6.45) is 0.995. The highest BCUT2D eigenvalue weighted by Gasteiger charge is 2.29. The zero-order chi connectivity index (χ0) is 13.1. The fraction of sp³-hybridized carbons (Fsp3) is 0.583. The predicted octanol–water partition coefficient (Wildman–Crippen LogP) is 2.24. The van der Waals surface area contributed by atoms with Crippen molar-refractivity contribution in [2.75, 3.05) is 26.2 Å². The van der Waals surface area contributed by atoms with E-state index in [0.29, 0.717) is 0 Å². The van der Waals surface area contributed by atoms with Crippen molar-refractivity contribution >= 4 is 33.2 Å². The number of carbonyl (C=O) groups is 1. The number of halogens is 1. The van der Waals surface area contributed by atoms with Crippen molar-refractivity contribution in [1.82, 2.24) is 10.2 Å². The summed E-state index contributed by atoms with van der Waals surface area (Å²) >= 11 is 5.02. The number of rotatable bonds is 3. The summed E-state index contributed by atoms with van der Waals surface area (Å²) in [6.45, 7) is 5.44. The third-order valence-corrected chi connectivity index (χ3v) is 5.31. The molecule has 0 bridgehead atoms. The fourth-order valence-electron chi connectivity index (χ4n) is 2.20. The van der Waals surface area contributed by atoms with Crippen LogP contribution in [-0.2, 0) is 4.79 Å². The first-order valence-electron chi connectivity index (χ1n) is 6.03. The molecule has 1 aromatic rings. The van der Waals surface area contributed by atoms with E-state index in [1.54, 1.807) is 11.3 Å². The number of carboxylic acid groups (broad SMARTS) is 1. The van der Waals surface area contributed by atoms with Gasteiger partial charge in [-0.25, -0.2) is 0 Å². The Bertz CT molecular complexity index is 408. The molecule has 1 unspecified atom stereocenters. The van der Waals surface area contributed by atoms with Crippen molar-refractivity contribution in [3.8, 4) is 0 Å². The highest BCUT2D eigenvalue weighted by atomic mass is 79.9. The van der Waals surface area contributed by atoms with Crippen molar-refractivity contribution in [1.29, 1.82) is 0 Å². The molecule has 18 heavy (non-hydrogen) atoms. The second kappa shape index (κ2) is 6.14. The van der Waals surface area contributed by atoms with Crippen LogP contribution in [0.3, 0.4) is 0 Å². The smallest absolute Gasteiger partial charge is 0.326 e. The lowest BCUT2D eigenvalue weighted by Gasteiger charge is -2.26. The van der Waals surface area contributed by atoms with Crippen LogP contribution in [0, 0.1) is 6.92 Å². The number of nitrogens with one attached hydrogen (secondary N) is 1. The van der Waals surface area contributed by atoms with E-state index < -0.39 is 12.0 Å². The van der Waals surface area contributed by atoms with Crippen molar-refractivity contribution in [3.05, 3.63) is 20.3 Å². The Hall–Kier alpha value is -0.430. The van der Waals surface area contributed by atoms with E-state index in [1.165, 1.54) is 0 Å². The van der Waals surface area contributed by atoms with Gasteiger partial charge in [0.1, 0.15) is 6.04 Å². The lowest BCUT2D eigenvalue weighted by Crippen LogP contribution is -2.36. The summed E-state index contributed by atoms with van der Waals surface area (Å²) in [6, 6.07) is 1.43. The number of carboxylic acids is 1. The highest BCUT2D eigenvalue weighted by molar-refractivity contribution is 9.10. The maximum Gasteiger partial charge on any atom is 0.326 e. The van der Waals surface area contributed by atoms with Gasteiger partial charge in [-0.05, 0) is 41.9 Å². The van der Waals surface area contributed by atoms with Crippen LogP contribution in [0.2, 0.25) is 0 Å². The summed E-state index contributed by atoms with van der Waals surface area (Å²) in [5, 5.41) is 12.8. The first-order valence-corrected chi connectivity index (χ1v) is 7.64. The second-order valence-electron chi connectivity index (χ2n) is 4.43. The van der Waals surface area contributed by atoms with E-state index in [4.69, 9.17) is 0 Å². The van der Waals surface area contributed by atoms with Gasteiger partial charge >= 0.3 is 5.97 Å². The molecule has 0 aliphatic carbocycles. The zero-order valence-corrected chi connectivity index (χ0v) is 12.7. The summed E-state index contributed by atoms with van der Waals surface area (Å²) in [5.74, 6) is -0.759. The van der Waals surface area contributed by atoms with E-state index in [-0.39, 0.29) is 0 Å². The van der Waals surface area contributed by atoms with Crippen molar-refractivity contribution in [2.24, 2.45) is 0 Å². The first-order chi connectivity index (χ1) is 8.59. The summed E-state index contributed by atoms with van der Waals surface area (Å²) in [7, 11) is 0. The maximum absolute atomic E-state index is 11.6. The van der Waals surface area contributed by atoms with Crippen molar-refractivity contribution in [3.63, 3.8) is 0 Å². The Morgan fingerprint density at radius 2 is 2.33 bits per heavy atom. The number of nitrogens with zero attached hydrogens (tertiary/aromatic N) is 1. The second-order valence-corrected chi connectivity index (χ2v) is 6.58. The van der Waals surface area contributed by atoms with Crippen LogP contribution in [-0.4, -0.2) is 42.2 Å². The van der Waals surface area contributed by atoms with E-state index in [2.05, 4.69) is 26.1 Å². The van der Waals surface area contributed by atoms with Crippen molar-refractivity contribution in [2.45, 2.75) is 19.4 Å². The summed E-state index contributed by atoms with van der Waals surface area (Å²) in [5.41, 5.74) is 0. The minimum atomic E-state index is -0.759. The fourth-order valence-corrected chi connectivity index (χ4v) is 3.89. The monoisotopic (exact) mass is 332 g/mol. The molecule has 0 spiro atoms. The Labute approximate surface area is 119 Å². The third-order valence-electron chi connectivity index (χ3n) is 3.12. The molecule has 1 aliphatic rings. The van der Waals surface area contributed by atoms with Crippen LogP contribution in [0.5, 0.6) is 0 Å². The van der Waals surface area contributed by atoms with Crippen LogP contribution in [0.4, 0.5) is 0 Å². The van der Waals surface area contributed by atoms with E-state index >= 15 is 0 Å². The quantitative estimate of drug-likeness (QED) is 0.891. The highest BCUT2D eigenvalue weighted by Crippen LogP contribution is 2.33. The molecule has 1 fully saturated rings. The van der Waals surface area contributed by atoms with Gasteiger partial charge in [0.2, 0.25) is 0 Å². The van der Waals surface area contributed by atoms with Gasteiger partial charge in [0.05, 0.1) is 0 Å². The van der Waals surface area contributed by atoms with Crippen LogP contribution in [0.15, 0.2) is 10.5 Å². The molecule has 100 valence electrons. The molecule has 0 amide bonds. The van der Waals surface area contributed by atoms with Gasteiger partial charge in [-0.1, -0.05) is 0 Å². The van der Waals surface area contributed by atoms with Gasteiger partial charge in [0.15, 0.2) is 0 Å². The van der Waals surface area contributed by atoms with Crippen LogP contribution in [0.1, 0.15) is 22.2 Å². The molecule has 2 heterocycles. The van der Waals surface area contributed by atoms with Crippen LogP contribution < -0.4 is 5.32 Å². The Morgan fingerprint density at radius 3 is 2.94 bits per heavy atom. The molecular weight excluding hydrogens is 316 g/mol. The Kier molecular flexibility index (Phi) is 4.77. The van der Waals surface area contributed by atoms with E-state index in [9.17, 15) is 9.90 Å². The van der Waals surface area contributed by atoms with Crippen molar-refractivity contribution < 1.29 is 9.90 Å². The van der Waals surface area contributed by atoms with Gasteiger partial charge in [-0.3, -0.25) is 9.69 Å². The summed E-state index contributed by atoms with van der Waals surface area (Å²) in [4.78, 5) is 15.7. The minimum Gasteiger partial charge on any atom is -0.480 e. The SMILES string of the molecule is Cc1sc(C(C(=O)O)N2CCCNCC2)cc1Br. The minimum absolute atomic E-state index is 0.514. The average molecular weight is 333 g/mol. The maximum atomic E-state index is 11.6. The van der Waals surface area contributed by atoms with Gasteiger partial charge < -0.3 is 10.4 Å². The molecule has 1 saturated heterocycles. The molecule has 2 rings (SSSR count). The average Bonchev–Trinajstić information content (AvgIpc) is 2.55. The summed E-state index contributed by atoms with van der Waals surface area (Å²) < 4.78 is 1.00. The third kappa shape index (κ3) is 3.12. The molecule has 4 nitrogen and oxygen atoms in total. The number of hydrogen-bond donors (Lipinski definition) is 2. The standard InChI is InChI=1S/C12H17BrN2O2S/c1-8-9(13)7-10(18-8)11(12(16)17)15-5-2-3-14-4-6-15/h7,11,14H,2-6H2,1H3,(H,16,17). The van der Waals surface area contributed by atoms with Gasteiger partial charge in [-0.15, -0.1) is 11.3 Å². The van der Waals surface area contributed by atoms with E-state index in [0.717, 1.165) is 46.8 Å². The lowest BCUT2D eigenvalue weighted by molar-refractivity contribution is -0.143. The molecule has 0 radical (unpaired) electrons. The van der Waals surface area contributed by atoms with Gasteiger partial charge in [0.25, 0.3) is 0 Å². The topological polar surface area (TPSA) is 52.6 Å². The molecule has 2 N–H and O–H groups in total. The molecule has 1 aromatic heterocycles. The van der Waals surface area contributed by atoms with Crippen LogP contribution >= 0.6 is 27.3 Å². The number of aliphatic carboxylic acids is 1. The molecule has 0 aromatic carbocycles.